The molecule has 0 bridgehead atoms. The molecule has 5 heteroatoms. The molecule has 3 nitrogen and oxygen atoms in total. The molecular weight excluding hydrogens is 277 g/mol. The zero-order chi connectivity index (χ0) is 12.1. The molecule has 0 spiro atoms. The number of hydrogen-bond donors (Lipinski definition) is 1. The zero-order valence-electron chi connectivity index (χ0n) is 8.87. The third-order valence-electron chi connectivity index (χ3n) is 2.00. The van der Waals surface area contributed by atoms with Crippen LogP contribution in [0, 0.1) is 5.82 Å². The van der Waals surface area contributed by atoms with Gasteiger partial charge in [0.15, 0.2) is 0 Å². The van der Waals surface area contributed by atoms with E-state index < -0.39 is 6.04 Å². The van der Waals surface area contributed by atoms with Crippen molar-refractivity contribution in [1.29, 1.82) is 0 Å². The molecule has 1 atom stereocenters. The molecule has 0 aromatic heterocycles. The van der Waals surface area contributed by atoms with E-state index in [1.165, 1.54) is 12.1 Å². The van der Waals surface area contributed by atoms with Crippen LogP contribution in [0.15, 0.2) is 22.7 Å². The summed E-state index contributed by atoms with van der Waals surface area (Å²) in [7, 11) is 0. The Morgan fingerprint density at radius 1 is 1.56 bits per heavy atom. The van der Waals surface area contributed by atoms with E-state index in [1.807, 2.05) is 0 Å². The highest BCUT2D eigenvalue weighted by Gasteiger charge is 2.13. The maximum Gasteiger partial charge on any atom is 0.307 e. The van der Waals surface area contributed by atoms with Crippen LogP contribution in [0.3, 0.4) is 0 Å². The molecule has 1 rings (SSSR count). The second-order valence-corrected chi connectivity index (χ2v) is 4.23. The maximum absolute atomic E-state index is 13.1. The Morgan fingerprint density at radius 3 is 2.81 bits per heavy atom. The van der Waals surface area contributed by atoms with Crippen LogP contribution < -0.4 is 5.73 Å². The summed E-state index contributed by atoms with van der Waals surface area (Å²) in [4.78, 5) is 11.2. The molecular formula is C11H13BrFNO2. The summed E-state index contributed by atoms with van der Waals surface area (Å²) < 4.78 is 18.4. The average molecular weight is 290 g/mol. The predicted molar refractivity (Wildman–Crippen MR) is 62.3 cm³/mol. The minimum atomic E-state index is -0.550. The number of esters is 1. The van der Waals surface area contributed by atoms with E-state index >= 15 is 0 Å². The highest BCUT2D eigenvalue weighted by molar-refractivity contribution is 9.10. The van der Waals surface area contributed by atoms with Crippen LogP contribution in [0.2, 0.25) is 0 Å². The lowest BCUT2D eigenvalue weighted by Gasteiger charge is -2.11. The Bertz CT molecular complexity index is 364. The SMILES string of the molecule is CCOC(=O)C[C@@H](N)c1cc(F)cc(Br)c1. The van der Waals surface area contributed by atoms with Crippen molar-refractivity contribution in [3.63, 3.8) is 0 Å². The van der Waals surface area contributed by atoms with Gasteiger partial charge in [0.25, 0.3) is 0 Å². The van der Waals surface area contributed by atoms with Crippen LogP contribution >= 0.6 is 15.9 Å². The van der Waals surface area contributed by atoms with Crippen molar-refractivity contribution < 1.29 is 13.9 Å². The van der Waals surface area contributed by atoms with Crippen molar-refractivity contribution in [2.45, 2.75) is 19.4 Å². The van der Waals surface area contributed by atoms with Gasteiger partial charge < -0.3 is 10.5 Å². The summed E-state index contributed by atoms with van der Waals surface area (Å²) in [6, 6.07) is 3.79. The van der Waals surface area contributed by atoms with Gasteiger partial charge in [0, 0.05) is 10.5 Å². The van der Waals surface area contributed by atoms with E-state index in [2.05, 4.69) is 15.9 Å². The predicted octanol–water partition coefficient (Wildman–Crippen LogP) is 2.54. The van der Waals surface area contributed by atoms with Gasteiger partial charge in [-0.15, -0.1) is 0 Å². The summed E-state index contributed by atoms with van der Waals surface area (Å²) >= 11 is 3.17. The van der Waals surface area contributed by atoms with Gasteiger partial charge >= 0.3 is 5.97 Å². The first-order valence-electron chi connectivity index (χ1n) is 4.90. The van der Waals surface area contributed by atoms with Gasteiger partial charge in [-0.25, -0.2) is 4.39 Å². The van der Waals surface area contributed by atoms with Crippen LogP contribution in [0.5, 0.6) is 0 Å². The van der Waals surface area contributed by atoms with Gasteiger partial charge in [-0.3, -0.25) is 4.79 Å². The lowest BCUT2D eigenvalue weighted by atomic mass is 10.0. The fourth-order valence-electron chi connectivity index (χ4n) is 1.31. The van der Waals surface area contributed by atoms with Gasteiger partial charge in [-0.1, -0.05) is 15.9 Å². The zero-order valence-corrected chi connectivity index (χ0v) is 10.5. The van der Waals surface area contributed by atoms with Crippen molar-refractivity contribution >= 4 is 21.9 Å². The van der Waals surface area contributed by atoms with Crippen molar-refractivity contribution in [3.8, 4) is 0 Å². The number of carbonyl (C=O) groups excluding carboxylic acids is 1. The molecule has 0 aliphatic heterocycles. The van der Waals surface area contributed by atoms with Crippen LogP contribution in [-0.2, 0) is 9.53 Å². The summed E-state index contributed by atoms with van der Waals surface area (Å²) in [5.74, 6) is -0.765. The van der Waals surface area contributed by atoms with E-state index in [0.717, 1.165) is 0 Å². The normalized spacial score (nSPS) is 12.2. The largest absolute Gasteiger partial charge is 0.466 e. The number of carbonyl (C=O) groups is 1. The van der Waals surface area contributed by atoms with E-state index in [9.17, 15) is 9.18 Å². The molecule has 0 fully saturated rings. The van der Waals surface area contributed by atoms with Gasteiger partial charge in [0.2, 0.25) is 0 Å². The number of nitrogens with two attached hydrogens (primary N) is 1. The summed E-state index contributed by atoms with van der Waals surface area (Å²) in [5, 5.41) is 0. The molecule has 0 radical (unpaired) electrons. The number of hydrogen-bond acceptors (Lipinski definition) is 3. The quantitative estimate of drug-likeness (QED) is 0.867. The number of rotatable bonds is 4. The molecule has 1 aromatic rings. The fraction of sp³-hybridized carbons (Fsp3) is 0.364. The molecule has 0 aliphatic carbocycles. The van der Waals surface area contributed by atoms with Gasteiger partial charge in [0.1, 0.15) is 5.82 Å². The van der Waals surface area contributed by atoms with Crippen molar-refractivity contribution in [3.05, 3.63) is 34.1 Å². The molecule has 0 heterocycles. The summed E-state index contributed by atoms with van der Waals surface area (Å²) in [5.41, 5.74) is 6.35. The molecule has 0 saturated carbocycles. The first-order chi connectivity index (χ1) is 7.52. The van der Waals surface area contributed by atoms with E-state index in [1.54, 1.807) is 13.0 Å². The van der Waals surface area contributed by atoms with E-state index in [0.29, 0.717) is 16.6 Å². The second kappa shape index (κ2) is 5.96. The Kier molecular flexibility index (Phi) is 4.89. The number of benzene rings is 1. The second-order valence-electron chi connectivity index (χ2n) is 3.32. The molecule has 1 aromatic carbocycles. The Morgan fingerprint density at radius 2 is 2.25 bits per heavy atom. The monoisotopic (exact) mass is 289 g/mol. The lowest BCUT2D eigenvalue weighted by Crippen LogP contribution is -2.17. The number of halogens is 2. The summed E-state index contributed by atoms with van der Waals surface area (Å²) in [6.07, 6.45) is 0.0454. The van der Waals surface area contributed by atoms with E-state index in [4.69, 9.17) is 10.5 Å². The van der Waals surface area contributed by atoms with Gasteiger partial charge in [-0.2, -0.15) is 0 Å². The Hall–Kier alpha value is -0.940. The molecule has 0 amide bonds. The van der Waals surface area contributed by atoms with Crippen LogP contribution in [0.1, 0.15) is 24.9 Å². The lowest BCUT2D eigenvalue weighted by molar-refractivity contribution is -0.143. The minimum Gasteiger partial charge on any atom is -0.466 e. The van der Waals surface area contributed by atoms with E-state index in [-0.39, 0.29) is 18.2 Å². The fourth-order valence-corrected chi connectivity index (χ4v) is 1.79. The molecule has 0 unspecified atom stereocenters. The average Bonchev–Trinajstić information content (AvgIpc) is 2.16. The maximum atomic E-state index is 13.1. The molecule has 16 heavy (non-hydrogen) atoms. The van der Waals surface area contributed by atoms with Crippen LogP contribution in [0.25, 0.3) is 0 Å². The minimum absolute atomic E-state index is 0.0454. The van der Waals surface area contributed by atoms with Crippen LogP contribution in [-0.4, -0.2) is 12.6 Å². The third-order valence-corrected chi connectivity index (χ3v) is 2.46. The summed E-state index contributed by atoms with van der Waals surface area (Å²) in [6.45, 7) is 2.04. The number of ether oxygens (including phenoxy) is 1. The van der Waals surface area contributed by atoms with Gasteiger partial charge in [-0.05, 0) is 30.7 Å². The highest BCUT2D eigenvalue weighted by atomic mass is 79.9. The van der Waals surface area contributed by atoms with Gasteiger partial charge in [0.05, 0.1) is 13.0 Å². The molecule has 88 valence electrons. The highest BCUT2D eigenvalue weighted by Crippen LogP contribution is 2.21. The third kappa shape index (κ3) is 3.90. The molecule has 0 saturated heterocycles. The molecule has 2 N–H and O–H groups in total. The molecule has 0 aliphatic rings. The van der Waals surface area contributed by atoms with Crippen molar-refractivity contribution in [2.24, 2.45) is 5.73 Å². The topological polar surface area (TPSA) is 52.3 Å². The first kappa shape index (κ1) is 13.1. The first-order valence-corrected chi connectivity index (χ1v) is 5.69. The smallest absolute Gasteiger partial charge is 0.307 e. The van der Waals surface area contributed by atoms with Crippen molar-refractivity contribution in [2.75, 3.05) is 6.61 Å². The Labute approximate surface area is 102 Å². The van der Waals surface area contributed by atoms with Crippen molar-refractivity contribution in [1.82, 2.24) is 0 Å². The Balaban J connectivity index is 2.72. The van der Waals surface area contributed by atoms with Crippen LogP contribution in [0.4, 0.5) is 4.39 Å². The standard InChI is InChI=1S/C11H13BrFNO2/c1-2-16-11(15)6-10(14)7-3-8(12)5-9(13)4-7/h3-5,10H,2,6,14H2,1H3/t10-/m1/s1.